The second-order valence-corrected chi connectivity index (χ2v) is 27.8. The number of fused-ring (bicyclic) bond motifs is 4. The number of carbonyl (C=O) groups is 8. The molecule has 16 rings (SSSR count). The number of methoxy groups -OCH3 is 2. The number of hydrogen-bond donors (Lipinski definition) is 10. The number of carbonyl (C=O) groups excluding carboxylic acids is 8. The molecule has 0 saturated carbocycles. The van der Waals surface area contributed by atoms with Crippen molar-refractivity contribution in [2.24, 2.45) is 0 Å². The van der Waals surface area contributed by atoms with Gasteiger partial charge in [0.15, 0.2) is 23.0 Å². The number of aromatic hydroxyl groups is 2. The first-order valence-corrected chi connectivity index (χ1v) is 39.6. The van der Waals surface area contributed by atoms with Crippen molar-refractivity contribution in [3.63, 3.8) is 0 Å². The largest absolute Gasteiger partial charge is 0.508 e. The van der Waals surface area contributed by atoms with Crippen molar-refractivity contribution in [2.75, 3.05) is 61.7 Å². The van der Waals surface area contributed by atoms with E-state index in [2.05, 4.69) is 42.5 Å². The molecule has 0 fully saturated rings. The lowest BCUT2D eigenvalue weighted by atomic mass is 10.0. The monoisotopic (exact) mass is 1680 g/mol. The van der Waals surface area contributed by atoms with Crippen molar-refractivity contribution < 1.29 is 77.0 Å². The highest BCUT2D eigenvalue weighted by Gasteiger charge is 2.20. The second-order valence-electron chi connectivity index (χ2n) is 27.8. The molecule has 0 bridgehead atoms. The zero-order valence-corrected chi connectivity index (χ0v) is 68.1. The van der Waals surface area contributed by atoms with Gasteiger partial charge in [0, 0.05) is 34.4 Å². The molecule has 0 aliphatic rings. The maximum Gasteiger partial charge on any atom is 0.252 e. The third-order valence-electron chi connectivity index (χ3n) is 19.1. The molecule has 0 unspecified atom stereocenters. The molecule has 126 heavy (non-hydrogen) atoms. The number of benzene rings is 16. The first-order chi connectivity index (χ1) is 61.5. The van der Waals surface area contributed by atoms with E-state index in [1.165, 1.54) is 18.2 Å². The molecule has 0 heterocycles. The standard InChI is InChI=1S/2C26H22N2O4.2C25H20N2O4/c1-31-19-10-7-11-20(16-19)32-24-15-5-4-14-23(24)28-25(29)17-27-26(30)22-13-6-9-18-8-2-3-12-21(18)22;1-31-19-13-15-20(16-14-19)32-24-12-5-4-11-23(24)28-25(29)17-27-26(30)22-10-6-8-18-7-2-3-9-21(18)22;28-18-9-6-10-19(15-18)31-23-14-4-3-13-22(23)27-24(29)16-26-25(30)21-12-5-8-17-7-1-2-11-20(17)21;28-18-12-14-19(15-13-18)31-23-11-4-3-10-22(23)27-24(29)16-26-25(30)21-9-5-7-17-6-1-2-8-20(17)21/h2*2-16H,17H2,1H3,(H,27,30)(H,28,29);2*1-15,28H,16H2,(H,26,30)(H,27,29). The molecule has 0 aliphatic heterocycles. The summed E-state index contributed by atoms with van der Waals surface area (Å²) < 4.78 is 33.7. The Morgan fingerprint density at radius 1 is 0.230 bits per heavy atom. The fourth-order valence-corrected chi connectivity index (χ4v) is 13.0. The zero-order chi connectivity index (χ0) is 87.9. The maximum absolute atomic E-state index is 12.7. The fourth-order valence-electron chi connectivity index (χ4n) is 13.0. The van der Waals surface area contributed by atoms with E-state index in [-0.39, 0.29) is 84.9 Å². The molecule has 0 atom stereocenters. The highest BCUT2D eigenvalue weighted by Crippen LogP contribution is 2.36. The fraction of sp³-hybridized carbons (Fsp3) is 0.0588. The predicted molar refractivity (Wildman–Crippen MR) is 488 cm³/mol. The predicted octanol–water partition coefficient (Wildman–Crippen LogP) is 19.4. The summed E-state index contributed by atoms with van der Waals surface area (Å²) in [6, 6.07) is 108. The van der Waals surface area contributed by atoms with Crippen LogP contribution in [-0.2, 0) is 19.2 Å². The van der Waals surface area contributed by atoms with Gasteiger partial charge in [0.1, 0.15) is 46.0 Å². The summed E-state index contributed by atoms with van der Waals surface area (Å²) in [5, 5.41) is 48.0. The van der Waals surface area contributed by atoms with E-state index in [1.807, 2.05) is 170 Å². The molecular formula is C102H84N8O16. The van der Waals surface area contributed by atoms with Gasteiger partial charge in [-0.05, 0) is 189 Å². The van der Waals surface area contributed by atoms with Crippen LogP contribution in [0.4, 0.5) is 22.7 Å². The van der Waals surface area contributed by atoms with Crippen molar-refractivity contribution in [3.8, 4) is 69.0 Å². The molecule has 0 aliphatic carbocycles. The van der Waals surface area contributed by atoms with Crippen LogP contribution >= 0.6 is 0 Å². The van der Waals surface area contributed by atoms with E-state index in [4.69, 9.17) is 28.4 Å². The lowest BCUT2D eigenvalue weighted by molar-refractivity contribution is -0.116. The normalized spacial score (nSPS) is 10.4. The summed E-state index contributed by atoms with van der Waals surface area (Å²) in [5.74, 6) is 2.84. The van der Waals surface area contributed by atoms with Crippen LogP contribution in [0, 0.1) is 0 Å². The van der Waals surface area contributed by atoms with Gasteiger partial charge in [0.25, 0.3) is 23.6 Å². The van der Waals surface area contributed by atoms with Gasteiger partial charge in [-0.25, -0.2) is 0 Å². The number of nitrogens with one attached hydrogen (secondary N) is 8. The molecule has 0 spiro atoms. The molecule has 24 nitrogen and oxygen atoms in total. The molecule has 16 aromatic carbocycles. The summed E-state index contributed by atoms with van der Waals surface area (Å²) in [4.78, 5) is 100. The lowest BCUT2D eigenvalue weighted by Crippen LogP contribution is -2.33. The Kier molecular flexibility index (Phi) is 29.6. The summed E-state index contributed by atoms with van der Waals surface area (Å²) in [6.45, 7) is -0.716. The average Bonchev–Trinajstić information content (AvgIpc) is 0.824. The van der Waals surface area contributed by atoms with Crippen LogP contribution in [0.25, 0.3) is 43.1 Å². The van der Waals surface area contributed by atoms with Crippen molar-refractivity contribution in [3.05, 3.63) is 386 Å². The van der Waals surface area contributed by atoms with E-state index < -0.39 is 0 Å². The Hall–Kier alpha value is -17.3. The Morgan fingerprint density at radius 3 is 0.794 bits per heavy atom. The van der Waals surface area contributed by atoms with Crippen LogP contribution in [0.5, 0.6) is 69.0 Å². The number of hydrogen-bond acceptors (Lipinski definition) is 16. The SMILES string of the molecule is COc1ccc(Oc2ccccc2NC(=O)CNC(=O)c2cccc3ccccc23)cc1.COc1cccc(Oc2ccccc2NC(=O)CNC(=O)c2cccc3ccccc23)c1.O=C(CNC(=O)c1cccc2ccccc12)Nc1ccccc1Oc1ccc(O)cc1.O=C(CNC(=O)c1cccc2ccccc12)Nc1ccccc1Oc1cccc(O)c1. The Morgan fingerprint density at radius 2 is 0.476 bits per heavy atom. The minimum atomic E-state index is -0.388. The third-order valence-corrected chi connectivity index (χ3v) is 19.1. The van der Waals surface area contributed by atoms with Crippen molar-refractivity contribution >= 4 is 113 Å². The van der Waals surface area contributed by atoms with Crippen LogP contribution in [0.2, 0.25) is 0 Å². The first-order valence-electron chi connectivity index (χ1n) is 39.6. The quantitative estimate of drug-likeness (QED) is 0.0241. The number of amides is 8. The number of anilines is 4. The van der Waals surface area contributed by atoms with Gasteiger partial charge in [-0.3, -0.25) is 38.4 Å². The van der Waals surface area contributed by atoms with Gasteiger partial charge < -0.3 is 81.2 Å². The number of rotatable bonds is 26. The van der Waals surface area contributed by atoms with E-state index in [0.29, 0.717) is 96.7 Å². The third kappa shape index (κ3) is 24.0. The van der Waals surface area contributed by atoms with E-state index in [9.17, 15) is 48.6 Å². The minimum absolute atomic E-state index is 0.0789. The number of phenols is 2. The molecule has 24 heteroatoms. The summed E-state index contributed by atoms with van der Waals surface area (Å²) in [7, 11) is 3.18. The Balaban J connectivity index is 0.000000144. The van der Waals surface area contributed by atoms with Crippen LogP contribution in [0.15, 0.2) is 364 Å². The molecule has 8 amide bonds. The van der Waals surface area contributed by atoms with E-state index >= 15 is 0 Å². The van der Waals surface area contributed by atoms with Crippen molar-refractivity contribution in [2.45, 2.75) is 0 Å². The smallest absolute Gasteiger partial charge is 0.252 e. The number of phenolic OH excluding ortho intramolecular Hbond substituents is 2. The summed E-state index contributed by atoms with van der Waals surface area (Å²) in [6.07, 6.45) is 0. The summed E-state index contributed by atoms with van der Waals surface area (Å²) >= 11 is 0. The van der Waals surface area contributed by atoms with Gasteiger partial charge in [0.2, 0.25) is 23.6 Å². The van der Waals surface area contributed by atoms with Crippen LogP contribution in [-0.4, -0.2) is 97.9 Å². The number of para-hydroxylation sites is 8. The molecule has 628 valence electrons. The van der Waals surface area contributed by atoms with Crippen molar-refractivity contribution in [1.82, 2.24) is 21.3 Å². The zero-order valence-electron chi connectivity index (χ0n) is 68.1. The Bertz CT molecular complexity index is 6570. The van der Waals surface area contributed by atoms with Gasteiger partial charge in [0.05, 0.1) is 63.1 Å². The highest BCUT2D eigenvalue weighted by atomic mass is 16.5. The highest BCUT2D eigenvalue weighted by molar-refractivity contribution is 6.12. The van der Waals surface area contributed by atoms with Gasteiger partial charge >= 0.3 is 0 Å². The molecule has 10 N–H and O–H groups in total. The van der Waals surface area contributed by atoms with E-state index in [0.717, 1.165) is 48.8 Å². The number of ether oxygens (including phenoxy) is 6. The lowest BCUT2D eigenvalue weighted by Gasteiger charge is -2.13. The van der Waals surface area contributed by atoms with Gasteiger partial charge in [-0.15, -0.1) is 0 Å². The van der Waals surface area contributed by atoms with Crippen LogP contribution in [0.3, 0.4) is 0 Å². The maximum atomic E-state index is 12.7. The van der Waals surface area contributed by atoms with Gasteiger partial charge in [-0.2, -0.15) is 0 Å². The molecule has 0 aromatic heterocycles. The summed E-state index contributed by atoms with van der Waals surface area (Å²) in [5.41, 5.74) is 4.01. The van der Waals surface area contributed by atoms with Gasteiger partial charge in [-0.1, -0.05) is 206 Å². The van der Waals surface area contributed by atoms with E-state index in [1.54, 1.807) is 190 Å². The molecule has 0 radical (unpaired) electrons. The molecule has 0 saturated heterocycles. The first kappa shape index (κ1) is 86.6. The minimum Gasteiger partial charge on any atom is -0.508 e. The van der Waals surface area contributed by atoms with Crippen LogP contribution in [0.1, 0.15) is 41.4 Å². The van der Waals surface area contributed by atoms with Crippen molar-refractivity contribution in [1.29, 1.82) is 0 Å². The topological polar surface area (TPSA) is 329 Å². The Labute approximate surface area is 724 Å². The molecular weight excluding hydrogens is 1590 g/mol. The van der Waals surface area contributed by atoms with Crippen LogP contribution < -0.4 is 71.0 Å². The average molecular weight is 1680 g/mol. The molecule has 16 aromatic rings. The second kappa shape index (κ2) is 43.1.